The van der Waals surface area contributed by atoms with Crippen molar-refractivity contribution in [2.75, 3.05) is 18.0 Å². The Morgan fingerprint density at radius 3 is 2.33 bits per heavy atom. The third-order valence-corrected chi connectivity index (χ3v) is 4.55. The summed E-state index contributed by atoms with van der Waals surface area (Å²) >= 11 is 0. The van der Waals surface area contributed by atoms with Crippen molar-refractivity contribution < 1.29 is 9.90 Å². The summed E-state index contributed by atoms with van der Waals surface area (Å²) in [6.45, 7) is 1.75. The van der Waals surface area contributed by atoms with Crippen molar-refractivity contribution in [3.05, 3.63) is 60.2 Å². The average molecular weight is 318 g/mol. The van der Waals surface area contributed by atoms with Gasteiger partial charge >= 0.3 is 5.97 Å². The van der Waals surface area contributed by atoms with Gasteiger partial charge in [-0.15, -0.1) is 0 Å². The number of benzene rings is 2. The van der Waals surface area contributed by atoms with Gasteiger partial charge in [-0.05, 0) is 18.9 Å². The molecule has 1 N–H and O–H groups in total. The first-order valence-corrected chi connectivity index (χ1v) is 8.22. The Hall–Kier alpha value is -2.88. The number of hydrogen-bond acceptors (Lipinski definition) is 3. The van der Waals surface area contributed by atoms with E-state index in [4.69, 9.17) is 4.98 Å². The molecule has 0 atom stereocenters. The molecule has 4 rings (SSSR count). The lowest BCUT2D eigenvalue weighted by molar-refractivity contribution is 0.0699. The van der Waals surface area contributed by atoms with Crippen LogP contribution in [0.25, 0.3) is 22.2 Å². The van der Waals surface area contributed by atoms with Gasteiger partial charge in [0.15, 0.2) is 0 Å². The minimum atomic E-state index is -0.896. The summed E-state index contributed by atoms with van der Waals surface area (Å²) in [5, 5.41) is 10.6. The Kier molecular flexibility index (Phi) is 3.65. The number of aromatic carboxylic acids is 1. The Morgan fingerprint density at radius 1 is 0.958 bits per heavy atom. The maximum absolute atomic E-state index is 12.1. The molecular weight excluding hydrogens is 300 g/mol. The van der Waals surface area contributed by atoms with Crippen molar-refractivity contribution >= 4 is 22.6 Å². The second kappa shape index (κ2) is 5.96. The highest BCUT2D eigenvalue weighted by atomic mass is 16.4. The molecule has 1 aliphatic heterocycles. The second-order valence-corrected chi connectivity index (χ2v) is 6.07. The van der Waals surface area contributed by atoms with E-state index in [0.29, 0.717) is 10.9 Å². The maximum Gasteiger partial charge on any atom is 0.338 e. The quantitative estimate of drug-likeness (QED) is 0.786. The van der Waals surface area contributed by atoms with E-state index in [1.54, 1.807) is 0 Å². The summed E-state index contributed by atoms with van der Waals surface area (Å²) in [5.41, 5.74) is 3.55. The first kappa shape index (κ1) is 14.7. The van der Waals surface area contributed by atoms with E-state index in [-0.39, 0.29) is 0 Å². The van der Waals surface area contributed by atoms with Crippen molar-refractivity contribution in [2.45, 2.75) is 12.8 Å². The normalized spacial score (nSPS) is 14.2. The summed E-state index contributed by atoms with van der Waals surface area (Å²) in [5.74, 6) is -0.896. The summed E-state index contributed by atoms with van der Waals surface area (Å²) < 4.78 is 0. The summed E-state index contributed by atoms with van der Waals surface area (Å²) in [6.07, 6.45) is 2.17. The van der Waals surface area contributed by atoms with Crippen LogP contribution in [-0.4, -0.2) is 29.1 Å². The Morgan fingerprint density at radius 2 is 1.62 bits per heavy atom. The van der Waals surface area contributed by atoms with Crippen molar-refractivity contribution in [1.29, 1.82) is 0 Å². The molecule has 0 aliphatic carbocycles. The van der Waals surface area contributed by atoms with Crippen LogP contribution in [0.3, 0.4) is 0 Å². The SMILES string of the molecule is O=C(O)c1c(N2CCCC2)c(-c2ccccc2)nc2ccccc12. The fourth-order valence-corrected chi connectivity index (χ4v) is 3.46. The summed E-state index contributed by atoms with van der Waals surface area (Å²) in [7, 11) is 0. The smallest absolute Gasteiger partial charge is 0.338 e. The van der Waals surface area contributed by atoms with Crippen LogP contribution in [0.2, 0.25) is 0 Å². The number of carbonyl (C=O) groups is 1. The third-order valence-electron chi connectivity index (χ3n) is 4.55. The largest absolute Gasteiger partial charge is 0.478 e. The molecule has 120 valence electrons. The molecule has 4 heteroatoms. The molecule has 2 aromatic carbocycles. The van der Waals surface area contributed by atoms with Crippen molar-refractivity contribution in [3.63, 3.8) is 0 Å². The van der Waals surface area contributed by atoms with Gasteiger partial charge in [0, 0.05) is 24.0 Å². The Labute approximate surface area is 140 Å². The molecule has 0 radical (unpaired) electrons. The van der Waals surface area contributed by atoms with Crippen molar-refractivity contribution in [2.24, 2.45) is 0 Å². The van der Waals surface area contributed by atoms with Gasteiger partial charge in [-0.25, -0.2) is 9.78 Å². The standard InChI is InChI=1S/C20H18N2O2/c23-20(24)17-15-10-4-5-11-16(15)21-18(14-8-2-1-3-9-14)19(17)22-12-6-7-13-22/h1-5,8-11H,6-7,12-13H2,(H,23,24). The maximum atomic E-state index is 12.1. The van der Waals surface area contributed by atoms with Crippen LogP contribution in [-0.2, 0) is 0 Å². The van der Waals surface area contributed by atoms with E-state index < -0.39 is 5.97 Å². The van der Waals surface area contributed by atoms with Crippen LogP contribution >= 0.6 is 0 Å². The zero-order chi connectivity index (χ0) is 16.5. The monoisotopic (exact) mass is 318 g/mol. The summed E-state index contributed by atoms with van der Waals surface area (Å²) in [4.78, 5) is 19.1. The predicted octanol–water partition coefficient (Wildman–Crippen LogP) is 4.20. The van der Waals surface area contributed by atoms with Gasteiger partial charge in [-0.3, -0.25) is 0 Å². The summed E-state index contributed by atoms with van der Waals surface area (Å²) in [6, 6.07) is 17.3. The fraction of sp³-hybridized carbons (Fsp3) is 0.200. The average Bonchev–Trinajstić information content (AvgIpc) is 3.15. The van der Waals surface area contributed by atoms with E-state index in [0.717, 1.165) is 48.4 Å². The van der Waals surface area contributed by atoms with Gasteiger partial charge < -0.3 is 10.0 Å². The van der Waals surface area contributed by atoms with E-state index in [1.165, 1.54) is 0 Å². The predicted molar refractivity (Wildman–Crippen MR) is 95.6 cm³/mol. The lowest BCUT2D eigenvalue weighted by atomic mass is 10.00. The van der Waals surface area contributed by atoms with Gasteiger partial charge in [-0.2, -0.15) is 0 Å². The Bertz CT molecular complexity index is 900. The van der Waals surface area contributed by atoms with Gasteiger partial charge in [-0.1, -0.05) is 48.5 Å². The highest BCUT2D eigenvalue weighted by Gasteiger charge is 2.26. The van der Waals surface area contributed by atoms with Crippen LogP contribution in [0.15, 0.2) is 54.6 Å². The van der Waals surface area contributed by atoms with Gasteiger partial charge in [0.2, 0.25) is 0 Å². The molecule has 0 saturated carbocycles. The van der Waals surface area contributed by atoms with Crippen molar-refractivity contribution in [1.82, 2.24) is 4.98 Å². The molecule has 0 unspecified atom stereocenters. The van der Waals surface area contributed by atoms with E-state index in [9.17, 15) is 9.90 Å². The number of para-hydroxylation sites is 1. The molecule has 2 heterocycles. The van der Waals surface area contributed by atoms with E-state index in [1.807, 2.05) is 54.6 Å². The van der Waals surface area contributed by atoms with Crippen molar-refractivity contribution in [3.8, 4) is 11.3 Å². The van der Waals surface area contributed by atoms with Crippen LogP contribution in [0, 0.1) is 0 Å². The van der Waals surface area contributed by atoms with Crippen LogP contribution in [0.1, 0.15) is 23.2 Å². The molecular formula is C20H18N2O2. The molecule has 1 aromatic heterocycles. The second-order valence-electron chi connectivity index (χ2n) is 6.07. The number of hydrogen-bond donors (Lipinski definition) is 1. The number of pyridine rings is 1. The molecule has 1 saturated heterocycles. The molecule has 3 aromatic rings. The highest BCUT2D eigenvalue weighted by molar-refractivity contribution is 6.10. The van der Waals surface area contributed by atoms with E-state index >= 15 is 0 Å². The minimum absolute atomic E-state index is 0.362. The van der Waals surface area contributed by atoms with Crippen LogP contribution < -0.4 is 4.90 Å². The van der Waals surface area contributed by atoms with Gasteiger partial charge in [0.1, 0.15) is 0 Å². The fourth-order valence-electron chi connectivity index (χ4n) is 3.46. The number of fused-ring (bicyclic) bond motifs is 1. The topological polar surface area (TPSA) is 53.4 Å². The number of nitrogens with zero attached hydrogens (tertiary/aromatic N) is 2. The molecule has 1 fully saturated rings. The zero-order valence-corrected chi connectivity index (χ0v) is 13.3. The number of anilines is 1. The molecule has 1 aliphatic rings. The molecule has 24 heavy (non-hydrogen) atoms. The molecule has 0 amide bonds. The molecule has 0 bridgehead atoms. The minimum Gasteiger partial charge on any atom is -0.478 e. The number of carboxylic acid groups (broad SMARTS) is 1. The third kappa shape index (κ3) is 2.40. The van der Waals surface area contributed by atoms with E-state index in [2.05, 4.69) is 4.90 Å². The lowest BCUT2D eigenvalue weighted by Gasteiger charge is -2.24. The molecule has 4 nitrogen and oxygen atoms in total. The first-order chi connectivity index (χ1) is 11.8. The van der Waals surface area contributed by atoms with Crippen LogP contribution in [0.4, 0.5) is 5.69 Å². The van der Waals surface area contributed by atoms with Gasteiger partial charge in [0.05, 0.1) is 22.5 Å². The zero-order valence-electron chi connectivity index (χ0n) is 13.3. The van der Waals surface area contributed by atoms with Crippen LogP contribution in [0.5, 0.6) is 0 Å². The lowest BCUT2D eigenvalue weighted by Crippen LogP contribution is -2.22. The first-order valence-electron chi connectivity index (χ1n) is 8.22. The number of aromatic nitrogens is 1. The highest BCUT2D eigenvalue weighted by Crippen LogP contribution is 2.38. The Balaban J connectivity index is 2.09. The molecule has 0 spiro atoms. The number of carboxylic acids is 1. The number of rotatable bonds is 3. The van der Waals surface area contributed by atoms with Gasteiger partial charge in [0.25, 0.3) is 0 Å².